The van der Waals surface area contributed by atoms with Gasteiger partial charge in [-0.05, 0) is 61.6 Å². The van der Waals surface area contributed by atoms with E-state index in [1.807, 2.05) is 7.05 Å². The summed E-state index contributed by atoms with van der Waals surface area (Å²) in [5.41, 5.74) is 7.33. The van der Waals surface area contributed by atoms with Crippen LogP contribution in [0.4, 0.5) is 5.69 Å². The second-order valence-electron chi connectivity index (χ2n) is 7.16. The number of benzene rings is 1. The Hall–Kier alpha value is -2.30. The van der Waals surface area contributed by atoms with E-state index in [1.54, 1.807) is 0 Å². The Kier molecular flexibility index (Phi) is 5.35. The van der Waals surface area contributed by atoms with Crippen molar-refractivity contribution < 1.29 is 19.4 Å². The summed E-state index contributed by atoms with van der Waals surface area (Å²) in [6, 6.07) is 0. The van der Waals surface area contributed by atoms with Crippen LogP contribution in [0.15, 0.2) is 11.6 Å². The zero-order valence-electron chi connectivity index (χ0n) is 15.8. The van der Waals surface area contributed by atoms with Crippen molar-refractivity contribution in [3.63, 3.8) is 0 Å². The monoisotopic (exact) mass is 357 g/mol. The van der Waals surface area contributed by atoms with Crippen molar-refractivity contribution in [2.24, 2.45) is 5.92 Å². The summed E-state index contributed by atoms with van der Waals surface area (Å²) in [6.07, 6.45) is 6.99. The first-order valence-corrected chi connectivity index (χ1v) is 9.40. The van der Waals surface area contributed by atoms with Gasteiger partial charge >= 0.3 is 11.9 Å². The topological polar surface area (TPSA) is 75.6 Å². The summed E-state index contributed by atoms with van der Waals surface area (Å²) in [7, 11) is 1.84. The Labute approximate surface area is 154 Å². The number of hydrogen-bond donors (Lipinski definition) is 2. The molecule has 140 valence electrons. The Morgan fingerprint density at radius 2 is 2.15 bits per heavy atom. The van der Waals surface area contributed by atoms with Crippen molar-refractivity contribution in [2.45, 2.75) is 59.0 Å². The van der Waals surface area contributed by atoms with E-state index < -0.39 is 5.97 Å². The van der Waals surface area contributed by atoms with E-state index in [0.29, 0.717) is 18.6 Å². The molecule has 0 bridgehead atoms. The van der Waals surface area contributed by atoms with Crippen molar-refractivity contribution >= 4 is 17.6 Å². The van der Waals surface area contributed by atoms with Crippen LogP contribution in [0.5, 0.6) is 0 Å². The molecule has 0 spiro atoms. The fraction of sp³-hybridized carbons (Fsp3) is 0.524. The van der Waals surface area contributed by atoms with Gasteiger partial charge in [-0.1, -0.05) is 18.6 Å². The number of cyclic esters (lactones) is 1. The fourth-order valence-electron chi connectivity index (χ4n) is 4.53. The summed E-state index contributed by atoms with van der Waals surface area (Å²) < 4.78 is 5.28. The van der Waals surface area contributed by atoms with Crippen LogP contribution < -0.4 is 5.32 Å². The molecule has 0 saturated heterocycles. The minimum absolute atomic E-state index is 0.149. The molecule has 1 saturated carbocycles. The standard InChI is InChI=1S/C21H27NO4/c1-4-15-12(2)17-11-26-21(25)19(17)20(22-3)16(15)9-8-13-6-5-7-14(13)10-18(23)24/h8,14,22H,4-7,9-11H2,1-3H3,(H,23,24). The molecule has 5 nitrogen and oxygen atoms in total. The number of fused-ring (bicyclic) bond motifs is 1. The molecule has 1 aromatic rings. The third-order valence-corrected chi connectivity index (χ3v) is 5.81. The van der Waals surface area contributed by atoms with Gasteiger partial charge in [-0.25, -0.2) is 4.79 Å². The van der Waals surface area contributed by atoms with Gasteiger partial charge < -0.3 is 15.2 Å². The number of anilines is 1. The summed E-state index contributed by atoms with van der Waals surface area (Å²) in [4.78, 5) is 23.3. The maximum Gasteiger partial charge on any atom is 0.341 e. The van der Waals surface area contributed by atoms with Crippen molar-refractivity contribution in [3.05, 3.63) is 39.5 Å². The van der Waals surface area contributed by atoms with Crippen LogP contribution in [-0.4, -0.2) is 24.1 Å². The second kappa shape index (κ2) is 7.52. The predicted octanol–water partition coefficient (Wildman–Crippen LogP) is 4.01. The third kappa shape index (κ3) is 3.22. The molecular formula is C21H27NO4. The molecule has 1 fully saturated rings. The molecule has 5 heteroatoms. The van der Waals surface area contributed by atoms with Gasteiger partial charge in [-0.3, -0.25) is 4.79 Å². The molecule has 1 aromatic carbocycles. The summed E-state index contributed by atoms with van der Waals surface area (Å²) >= 11 is 0. The summed E-state index contributed by atoms with van der Waals surface area (Å²) in [5, 5.41) is 12.3. The van der Waals surface area contributed by atoms with Crippen LogP contribution in [0.2, 0.25) is 0 Å². The maximum atomic E-state index is 12.2. The molecule has 1 atom stereocenters. The average Bonchev–Trinajstić information content (AvgIpc) is 3.20. The highest BCUT2D eigenvalue weighted by molar-refractivity contribution is 6.01. The zero-order chi connectivity index (χ0) is 18.8. The first-order chi connectivity index (χ1) is 12.5. The summed E-state index contributed by atoms with van der Waals surface area (Å²) in [6.45, 7) is 4.55. The van der Waals surface area contributed by atoms with Crippen molar-refractivity contribution in [3.8, 4) is 0 Å². The zero-order valence-corrected chi connectivity index (χ0v) is 15.8. The quantitative estimate of drug-likeness (QED) is 0.594. The van der Waals surface area contributed by atoms with Gasteiger partial charge in [0.25, 0.3) is 0 Å². The van der Waals surface area contributed by atoms with Gasteiger partial charge in [0.05, 0.1) is 17.7 Å². The van der Waals surface area contributed by atoms with E-state index in [1.165, 1.54) is 11.1 Å². The lowest BCUT2D eigenvalue weighted by molar-refractivity contribution is -0.137. The number of rotatable bonds is 6. The molecule has 1 heterocycles. The van der Waals surface area contributed by atoms with Gasteiger partial charge in [0.15, 0.2) is 0 Å². The van der Waals surface area contributed by atoms with Crippen LogP contribution in [0, 0.1) is 12.8 Å². The molecule has 3 rings (SSSR count). The lowest BCUT2D eigenvalue weighted by atomic mass is 9.87. The minimum Gasteiger partial charge on any atom is -0.481 e. The minimum atomic E-state index is -0.732. The number of allylic oxidation sites excluding steroid dienone is 2. The molecule has 2 N–H and O–H groups in total. The highest BCUT2D eigenvalue weighted by Crippen LogP contribution is 2.39. The number of carboxylic acid groups (broad SMARTS) is 1. The van der Waals surface area contributed by atoms with Crippen molar-refractivity contribution in [1.29, 1.82) is 0 Å². The number of carbonyl (C=O) groups is 2. The Morgan fingerprint density at radius 3 is 2.81 bits per heavy atom. The molecule has 2 aliphatic rings. The number of esters is 1. The molecule has 0 radical (unpaired) electrons. The number of hydrogen-bond acceptors (Lipinski definition) is 4. The van der Waals surface area contributed by atoms with Gasteiger partial charge in [-0.2, -0.15) is 0 Å². The number of carbonyl (C=O) groups excluding carboxylic acids is 1. The molecule has 0 amide bonds. The highest BCUT2D eigenvalue weighted by atomic mass is 16.5. The lowest BCUT2D eigenvalue weighted by Crippen LogP contribution is -2.10. The largest absolute Gasteiger partial charge is 0.481 e. The van der Waals surface area contributed by atoms with Gasteiger partial charge in [0.2, 0.25) is 0 Å². The van der Waals surface area contributed by atoms with Crippen molar-refractivity contribution in [2.75, 3.05) is 12.4 Å². The van der Waals surface area contributed by atoms with E-state index in [4.69, 9.17) is 9.84 Å². The Bertz CT molecular complexity index is 779. The van der Waals surface area contributed by atoms with Gasteiger partial charge in [0.1, 0.15) is 6.61 Å². The summed E-state index contributed by atoms with van der Waals surface area (Å²) in [5.74, 6) is -0.839. The van der Waals surface area contributed by atoms with E-state index >= 15 is 0 Å². The van der Waals surface area contributed by atoms with E-state index in [2.05, 4.69) is 25.2 Å². The normalized spacial score (nSPS) is 20.3. The molecule has 0 aromatic heterocycles. The third-order valence-electron chi connectivity index (χ3n) is 5.81. The SMILES string of the molecule is CCc1c(C)c2c(c(NC)c1CC=C1CCCC1CC(=O)O)C(=O)OC2. The Morgan fingerprint density at radius 1 is 1.38 bits per heavy atom. The molecule has 1 unspecified atom stereocenters. The fourth-order valence-corrected chi connectivity index (χ4v) is 4.53. The smallest absolute Gasteiger partial charge is 0.341 e. The lowest BCUT2D eigenvalue weighted by Gasteiger charge is -2.19. The van der Waals surface area contributed by atoms with Gasteiger partial charge in [0, 0.05) is 12.6 Å². The highest BCUT2D eigenvalue weighted by Gasteiger charge is 2.30. The second-order valence-corrected chi connectivity index (χ2v) is 7.16. The van der Waals surface area contributed by atoms with E-state index in [-0.39, 0.29) is 18.3 Å². The number of nitrogens with one attached hydrogen (secondary N) is 1. The van der Waals surface area contributed by atoms with Crippen LogP contribution in [-0.2, 0) is 29.0 Å². The molecule has 1 aliphatic heterocycles. The number of carboxylic acids is 1. The van der Waals surface area contributed by atoms with Crippen LogP contribution in [0.3, 0.4) is 0 Å². The molecular weight excluding hydrogens is 330 g/mol. The molecule has 1 aliphatic carbocycles. The first kappa shape index (κ1) is 18.5. The number of ether oxygens (including phenoxy) is 1. The number of aliphatic carboxylic acids is 1. The van der Waals surface area contributed by atoms with Crippen molar-refractivity contribution in [1.82, 2.24) is 0 Å². The predicted molar refractivity (Wildman–Crippen MR) is 101 cm³/mol. The molecule has 26 heavy (non-hydrogen) atoms. The van der Waals surface area contributed by atoms with E-state index in [0.717, 1.165) is 48.1 Å². The van der Waals surface area contributed by atoms with Gasteiger partial charge in [-0.15, -0.1) is 0 Å². The Balaban J connectivity index is 2.01. The van der Waals surface area contributed by atoms with E-state index in [9.17, 15) is 9.59 Å². The van der Waals surface area contributed by atoms with Crippen LogP contribution in [0.25, 0.3) is 0 Å². The van der Waals surface area contributed by atoms with Crippen LogP contribution in [0.1, 0.15) is 65.2 Å². The first-order valence-electron chi connectivity index (χ1n) is 9.40. The average molecular weight is 357 g/mol. The van der Waals surface area contributed by atoms with Crippen LogP contribution >= 0.6 is 0 Å². The maximum absolute atomic E-state index is 12.2.